The standard InChI is InChI=1S/C13H24N8O4/c1-7(3-2-4-17-12(15)16)19-13(24)18-6-9-20-11(21-25-9)8(14)5-10(22)23/h7-8H,2-6,14H2,1H3,(H,22,23)(H4,15,16,17)(H2,18,19,24). The van der Waals surface area contributed by atoms with Crippen LogP contribution in [0.25, 0.3) is 0 Å². The van der Waals surface area contributed by atoms with Crippen molar-refractivity contribution in [2.24, 2.45) is 11.5 Å². The maximum atomic E-state index is 11.8. The largest absolute Gasteiger partial charge is 0.481 e. The number of nitrogens with one attached hydrogen (secondary N) is 4. The van der Waals surface area contributed by atoms with E-state index in [9.17, 15) is 9.59 Å². The van der Waals surface area contributed by atoms with Crippen molar-refractivity contribution >= 4 is 18.0 Å². The van der Waals surface area contributed by atoms with E-state index >= 15 is 0 Å². The number of carbonyl (C=O) groups is 2. The fourth-order valence-electron chi connectivity index (χ4n) is 1.90. The molecule has 25 heavy (non-hydrogen) atoms. The molecule has 2 unspecified atom stereocenters. The Morgan fingerprint density at radius 1 is 1.40 bits per heavy atom. The minimum atomic E-state index is -1.07. The zero-order valence-electron chi connectivity index (χ0n) is 13.9. The summed E-state index contributed by atoms with van der Waals surface area (Å²) in [4.78, 5) is 26.3. The lowest BCUT2D eigenvalue weighted by molar-refractivity contribution is -0.137. The number of aromatic nitrogens is 2. The van der Waals surface area contributed by atoms with E-state index < -0.39 is 18.0 Å². The zero-order valence-corrected chi connectivity index (χ0v) is 13.9. The number of hydrogen-bond donors (Lipinski definition) is 7. The van der Waals surface area contributed by atoms with Crippen molar-refractivity contribution in [3.63, 3.8) is 0 Å². The summed E-state index contributed by atoms with van der Waals surface area (Å²) in [5.74, 6) is -0.945. The number of rotatable bonds is 10. The van der Waals surface area contributed by atoms with Crippen LogP contribution in [0.1, 0.15) is 43.9 Å². The summed E-state index contributed by atoms with van der Waals surface area (Å²) in [7, 11) is 0. The molecule has 0 aromatic carbocycles. The molecular formula is C13H24N8O4. The summed E-state index contributed by atoms with van der Waals surface area (Å²) in [6, 6.07) is -1.34. The highest BCUT2D eigenvalue weighted by atomic mass is 16.5. The quantitative estimate of drug-likeness (QED) is 0.155. The first-order valence-corrected chi connectivity index (χ1v) is 7.70. The Labute approximate surface area is 144 Å². The summed E-state index contributed by atoms with van der Waals surface area (Å²) < 4.78 is 4.91. The van der Waals surface area contributed by atoms with Gasteiger partial charge in [0.2, 0.25) is 5.89 Å². The number of nitrogens with two attached hydrogens (primary N) is 2. The molecule has 0 bridgehead atoms. The minimum absolute atomic E-state index is 0.00274. The molecule has 12 nitrogen and oxygen atoms in total. The monoisotopic (exact) mass is 356 g/mol. The average molecular weight is 356 g/mol. The van der Waals surface area contributed by atoms with Crippen molar-refractivity contribution in [1.29, 1.82) is 5.41 Å². The second kappa shape index (κ2) is 10.1. The molecule has 0 radical (unpaired) electrons. The van der Waals surface area contributed by atoms with Gasteiger partial charge in [0.1, 0.15) is 0 Å². The predicted octanol–water partition coefficient (Wildman–Crippen LogP) is -1.00. The molecule has 12 heteroatoms. The summed E-state index contributed by atoms with van der Waals surface area (Å²) in [5, 5.41) is 27.3. The van der Waals surface area contributed by atoms with Crippen LogP contribution in [0, 0.1) is 5.41 Å². The molecule has 0 saturated heterocycles. The lowest BCUT2D eigenvalue weighted by Crippen LogP contribution is -2.41. The third-order valence-electron chi connectivity index (χ3n) is 3.12. The number of guanidine groups is 1. The number of amides is 2. The van der Waals surface area contributed by atoms with Crippen molar-refractivity contribution < 1.29 is 19.2 Å². The SMILES string of the molecule is CC(CCCNC(=N)N)NC(=O)NCc1nc(C(N)CC(=O)O)no1. The lowest BCUT2D eigenvalue weighted by Gasteiger charge is -2.14. The van der Waals surface area contributed by atoms with Crippen LogP contribution in [-0.4, -0.2) is 45.8 Å². The van der Waals surface area contributed by atoms with E-state index in [-0.39, 0.29) is 36.7 Å². The maximum Gasteiger partial charge on any atom is 0.315 e. The summed E-state index contributed by atoms with van der Waals surface area (Å²) in [6.07, 6.45) is 1.14. The lowest BCUT2D eigenvalue weighted by atomic mass is 10.2. The highest BCUT2D eigenvalue weighted by Crippen LogP contribution is 2.10. The van der Waals surface area contributed by atoms with Gasteiger partial charge in [0.15, 0.2) is 11.8 Å². The molecule has 0 fully saturated rings. The Morgan fingerprint density at radius 2 is 2.12 bits per heavy atom. The smallest absolute Gasteiger partial charge is 0.315 e. The molecule has 1 rings (SSSR count). The molecule has 1 aromatic heterocycles. The number of urea groups is 1. The van der Waals surface area contributed by atoms with Crippen LogP contribution >= 0.6 is 0 Å². The molecule has 0 saturated carbocycles. The zero-order chi connectivity index (χ0) is 18.8. The van der Waals surface area contributed by atoms with Gasteiger partial charge < -0.3 is 37.0 Å². The van der Waals surface area contributed by atoms with Crippen LogP contribution in [0.3, 0.4) is 0 Å². The molecule has 0 aliphatic heterocycles. The van der Waals surface area contributed by atoms with E-state index in [1.807, 2.05) is 6.92 Å². The molecule has 1 heterocycles. The van der Waals surface area contributed by atoms with E-state index in [0.717, 1.165) is 6.42 Å². The summed E-state index contributed by atoms with van der Waals surface area (Å²) >= 11 is 0. The van der Waals surface area contributed by atoms with Gasteiger partial charge in [-0.3, -0.25) is 10.2 Å². The fraction of sp³-hybridized carbons (Fsp3) is 0.615. The highest BCUT2D eigenvalue weighted by Gasteiger charge is 2.17. The Morgan fingerprint density at radius 3 is 2.76 bits per heavy atom. The van der Waals surface area contributed by atoms with Crippen molar-refractivity contribution in [2.75, 3.05) is 6.54 Å². The Kier molecular flexibility index (Phi) is 8.12. The van der Waals surface area contributed by atoms with Gasteiger partial charge in [-0.25, -0.2) is 4.79 Å². The molecule has 9 N–H and O–H groups in total. The molecule has 0 aliphatic carbocycles. The van der Waals surface area contributed by atoms with Gasteiger partial charge in [-0.1, -0.05) is 5.16 Å². The number of nitrogens with zero attached hydrogens (tertiary/aromatic N) is 2. The molecular weight excluding hydrogens is 332 g/mol. The Hall–Kier alpha value is -2.89. The van der Waals surface area contributed by atoms with Gasteiger partial charge in [-0.2, -0.15) is 4.98 Å². The van der Waals surface area contributed by atoms with Gasteiger partial charge in [-0.05, 0) is 19.8 Å². The first kappa shape index (κ1) is 20.2. The predicted molar refractivity (Wildman–Crippen MR) is 87.5 cm³/mol. The van der Waals surface area contributed by atoms with Crippen LogP contribution < -0.4 is 27.4 Å². The van der Waals surface area contributed by atoms with Crippen LogP contribution in [0.5, 0.6) is 0 Å². The van der Waals surface area contributed by atoms with E-state index in [1.54, 1.807) is 0 Å². The van der Waals surface area contributed by atoms with Crippen LogP contribution in [0.15, 0.2) is 4.52 Å². The minimum Gasteiger partial charge on any atom is -0.481 e. The fourth-order valence-corrected chi connectivity index (χ4v) is 1.90. The van der Waals surface area contributed by atoms with E-state index in [0.29, 0.717) is 13.0 Å². The second-order valence-corrected chi connectivity index (χ2v) is 5.46. The van der Waals surface area contributed by atoms with Crippen LogP contribution in [-0.2, 0) is 11.3 Å². The second-order valence-electron chi connectivity index (χ2n) is 5.46. The van der Waals surface area contributed by atoms with Gasteiger partial charge in [0.05, 0.1) is 19.0 Å². The number of hydrogen-bond acceptors (Lipinski definition) is 7. The Balaban J connectivity index is 2.28. The molecule has 2 amide bonds. The molecule has 0 spiro atoms. The first-order valence-electron chi connectivity index (χ1n) is 7.70. The molecule has 1 aromatic rings. The molecule has 0 aliphatic rings. The molecule has 140 valence electrons. The summed E-state index contributed by atoms with van der Waals surface area (Å²) in [5.41, 5.74) is 10.8. The van der Waals surface area contributed by atoms with Crippen molar-refractivity contribution in [3.05, 3.63) is 11.7 Å². The van der Waals surface area contributed by atoms with E-state index in [4.69, 9.17) is 26.5 Å². The van der Waals surface area contributed by atoms with E-state index in [1.165, 1.54) is 0 Å². The van der Waals surface area contributed by atoms with Crippen molar-refractivity contribution in [2.45, 2.75) is 44.8 Å². The average Bonchev–Trinajstić information content (AvgIpc) is 2.98. The number of carbonyl (C=O) groups excluding carboxylic acids is 1. The number of aliphatic carboxylic acids is 1. The number of carboxylic acids is 1. The number of carboxylic acid groups (broad SMARTS) is 1. The van der Waals surface area contributed by atoms with Crippen LogP contribution in [0.4, 0.5) is 4.79 Å². The maximum absolute atomic E-state index is 11.8. The molecule has 2 atom stereocenters. The van der Waals surface area contributed by atoms with Gasteiger partial charge in [0.25, 0.3) is 0 Å². The van der Waals surface area contributed by atoms with E-state index in [2.05, 4.69) is 26.1 Å². The van der Waals surface area contributed by atoms with Gasteiger partial charge >= 0.3 is 12.0 Å². The third-order valence-corrected chi connectivity index (χ3v) is 3.12. The van der Waals surface area contributed by atoms with Crippen LogP contribution in [0.2, 0.25) is 0 Å². The van der Waals surface area contributed by atoms with Crippen molar-refractivity contribution in [1.82, 2.24) is 26.1 Å². The van der Waals surface area contributed by atoms with Gasteiger partial charge in [0, 0.05) is 12.6 Å². The summed E-state index contributed by atoms with van der Waals surface area (Å²) in [6.45, 7) is 2.41. The van der Waals surface area contributed by atoms with Crippen molar-refractivity contribution in [3.8, 4) is 0 Å². The van der Waals surface area contributed by atoms with Gasteiger partial charge in [-0.15, -0.1) is 0 Å². The first-order chi connectivity index (χ1) is 11.8. The Bertz CT molecular complexity index is 590. The normalized spacial score (nSPS) is 12.9. The third kappa shape index (κ3) is 8.50. The highest BCUT2D eigenvalue weighted by molar-refractivity contribution is 5.74. The topological polar surface area (TPSA) is 205 Å².